The maximum absolute atomic E-state index is 4.77. The van der Waals surface area contributed by atoms with Gasteiger partial charge < -0.3 is 5.32 Å². The Balaban J connectivity index is 1.80. The molecule has 2 aromatic carbocycles. The summed E-state index contributed by atoms with van der Waals surface area (Å²) in [7, 11) is 0. The third-order valence-electron chi connectivity index (χ3n) is 4.14. The van der Waals surface area contributed by atoms with Crippen molar-refractivity contribution in [1.82, 2.24) is 5.32 Å². The molecule has 1 unspecified atom stereocenters. The van der Waals surface area contributed by atoms with Crippen molar-refractivity contribution in [3.05, 3.63) is 64.7 Å². The highest BCUT2D eigenvalue weighted by molar-refractivity contribution is 5.88. The lowest BCUT2D eigenvalue weighted by atomic mass is 10.0. The van der Waals surface area contributed by atoms with E-state index in [0.717, 1.165) is 24.3 Å². The van der Waals surface area contributed by atoms with Crippen LogP contribution in [0.4, 0.5) is 5.69 Å². The number of benzodiazepines with no additional fused rings is 1. The molecule has 0 aromatic heterocycles. The van der Waals surface area contributed by atoms with Crippen molar-refractivity contribution in [3.63, 3.8) is 0 Å². The van der Waals surface area contributed by atoms with Gasteiger partial charge in [0.2, 0.25) is 0 Å². The van der Waals surface area contributed by atoms with Crippen molar-refractivity contribution in [1.29, 1.82) is 0 Å². The molecule has 0 saturated carbocycles. The van der Waals surface area contributed by atoms with E-state index in [1.54, 1.807) is 0 Å². The summed E-state index contributed by atoms with van der Waals surface area (Å²) in [6.07, 6.45) is 1.97. The van der Waals surface area contributed by atoms with Crippen LogP contribution in [0.1, 0.15) is 28.3 Å². The number of hydrogen-bond acceptors (Lipinski definition) is 4. The molecule has 0 fully saturated rings. The molecule has 0 aliphatic carbocycles. The number of fused-ring (bicyclic) bond motifs is 1. The summed E-state index contributed by atoms with van der Waals surface area (Å²) in [6.45, 7) is 7.80. The summed E-state index contributed by atoms with van der Waals surface area (Å²) in [6, 6.07) is 15.0. The van der Waals surface area contributed by atoms with Gasteiger partial charge in [-0.15, -0.1) is 0 Å². The predicted octanol–water partition coefficient (Wildman–Crippen LogP) is 3.33. The lowest BCUT2D eigenvalue weighted by Gasteiger charge is -2.15. The first kappa shape index (κ1) is 15.4. The second kappa shape index (κ2) is 7.20. The first-order valence-electron chi connectivity index (χ1n) is 7.86. The normalized spacial score (nSPS) is 16.3. The fourth-order valence-electron chi connectivity index (χ4n) is 2.76. The van der Waals surface area contributed by atoms with Gasteiger partial charge in [-0.05, 0) is 36.4 Å². The van der Waals surface area contributed by atoms with Gasteiger partial charge in [0.25, 0.3) is 0 Å². The van der Waals surface area contributed by atoms with E-state index in [-0.39, 0.29) is 6.04 Å². The fraction of sp³-hybridized carbons (Fsp3) is 0.263. The second-order valence-electron chi connectivity index (χ2n) is 5.76. The van der Waals surface area contributed by atoms with Gasteiger partial charge in [-0.1, -0.05) is 36.4 Å². The largest absolute Gasteiger partial charge is 0.382 e. The summed E-state index contributed by atoms with van der Waals surface area (Å²) < 4.78 is 0. The van der Waals surface area contributed by atoms with Crippen LogP contribution < -0.4 is 10.6 Å². The SMILES string of the molecule is C=NCNCc1cc(C2CNc3ccccc3C=N2)ccc1C. The van der Waals surface area contributed by atoms with E-state index in [2.05, 4.69) is 59.6 Å². The molecule has 1 heterocycles. The molecule has 1 aliphatic rings. The first-order chi connectivity index (χ1) is 11.3. The highest BCUT2D eigenvalue weighted by Crippen LogP contribution is 2.25. The number of aryl methyl sites for hydroxylation is 1. The van der Waals surface area contributed by atoms with Gasteiger partial charge in [0.15, 0.2) is 0 Å². The average molecular weight is 306 g/mol. The first-order valence-corrected chi connectivity index (χ1v) is 7.86. The van der Waals surface area contributed by atoms with E-state index in [1.165, 1.54) is 16.7 Å². The molecule has 118 valence electrons. The van der Waals surface area contributed by atoms with Crippen molar-refractivity contribution in [2.75, 3.05) is 18.5 Å². The van der Waals surface area contributed by atoms with Crippen LogP contribution in [0, 0.1) is 6.92 Å². The Hall–Kier alpha value is -2.46. The topological polar surface area (TPSA) is 48.8 Å². The van der Waals surface area contributed by atoms with Crippen LogP contribution in [0.2, 0.25) is 0 Å². The van der Waals surface area contributed by atoms with E-state index in [1.807, 2.05) is 18.3 Å². The van der Waals surface area contributed by atoms with Gasteiger partial charge in [-0.2, -0.15) is 0 Å². The lowest BCUT2D eigenvalue weighted by molar-refractivity contribution is 0.705. The zero-order valence-corrected chi connectivity index (χ0v) is 13.4. The zero-order chi connectivity index (χ0) is 16.1. The minimum absolute atomic E-state index is 0.124. The molecule has 1 aliphatic heterocycles. The van der Waals surface area contributed by atoms with Crippen LogP contribution in [0.5, 0.6) is 0 Å². The molecule has 3 rings (SSSR count). The van der Waals surface area contributed by atoms with Crippen molar-refractivity contribution in [2.24, 2.45) is 9.98 Å². The van der Waals surface area contributed by atoms with Crippen LogP contribution in [0.15, 0.2) is 52.4 Å². The molecule has 4 heteroatoms. The van der Waals surface area contributed by atoms with Crippen molar-refractivity contribution >= 4 is 18.6 Å². The van der Waals surface area contributed by atoms with Crippen molar-refractivity contribution in [2.45, 2.75) is 19.5 Å². The van der Waals surface area contributed by atoms with Crippen LogP contribution in [-0.4, -0.2) is 26.1 Å². The Morgan fingerprint density at radius 1 is 1.30 bits per heavy atom. The Bertz CT molecular complexity index is 721. The molecular weight excluding hydrogens is 284 g/mol. The molecule has 0 bridgehead atoms. The van der Waals surface area contributed by atoms with Gasteiger partial charge in [0.1, 0.15) is 0 Å². The maximum Gasteiger partial charge on any atom is 0.0921 e. The Kier molecular flexibility index (Phi) is 4.83. The second-order valence-corrected chi connectivity index (χ2v) is 5.76. The van der Waals surface area contributed by atoms with E-state index in [0.29, 0.717) is 6.67 Å². The van der Waals surface area contributed by atoms with Gasteiger partial charge in [-0.3, -0.25) is 15.3 Å². The molecule has 0 spiro atoms. The summed E-state index contributed by atoms with van der Waals surface area (Å²) in [4.78, 5) is 8.60. The highest BCUT2D eigenvalue weighted by atomic mass is 15.0. The number of nitrogens with zero attached hydrogens (tertiary/aromatic N) is 2. The van der Waals surface area contributed by atoms with Crippen molar-refractivity contribution < 1.29 is 0 Å². The van der Waals surface area contributed by atoms with Crippen LogP contribution in [0.3, 0.4) is 0 Å². The van der Waals surface area contributed by atoms with E-state index >= 15 is 0 Å². The highest BCUT2D eigenvalue weighted by Gasteiger charge is 2.14. The molecule has 0 radical (unpaired) electrons. The number of hydrogen-bond donors (Lipinski definition) is 2. The summed E-state index contributed by atoms with van der Waals surface area (Å²) in [5.41, 5.74) is 6.07. The quantitative estimate of drug-likeness (QED) is 0.657. The van der Waals surface area contributed by atoms with Crippen molar-refractivity contribution in [3.8, 4) is 0 Å². The zero-order valence-electron chi connectivity index (χ0n) is 13.4. The summed E-state index contributed by atoms with van der Waals surface area (Å²) >= 11 is 0. The number of para-hydroxylation sites is 1. The number of anilines is 1. The maximum atomic E-state index is 4.77. The number of benzene rings is 2. The van der Waals surface area contributed by atoms with E-state index in [4.69, 9.17) is 4.99 Å². The Morgan fingerprint density at radius 2 is 2.17 bits per heavy atom. The minimum atomic E-state index is 0.124. The Labute approximate surface area is 137 Å². The average Bonchev–Trinajstić information content (AvgIpc) is 2.79. The molecule has 0 amide bonds. The molecular formula is C19H22N4. The third-order valence-corrected chi connectivity index (χ3v) is 4.14. The van der Waals surface area contributed by atoms with Crippen LogP contribution in [0.25, 0.3) is 0 Å². The monoisotopic (exact) mass is 306 g/mol. The van der Waals surface area contributed by atoms with Gasteiger partial charge in [0, 0.05) is 30.6 Å². The molecule has 1 atom stereocenters. The molecule has 2 N–H and O–H groups in total. The third kappa shape index (κ3) is 3.66. The Morgan fingerprint density at radius 3 is 3.04 bits per heavy atom. The van der Waals surface area contributed by atoms with E-state index < -0.39 is 0 Å². The smallest absolute Gasteiger partial charge is 0.0921 e. The number of nitrogens with one attached hydrogen (secondary N) is 2. The lowest BCUT2D eigenvalue weighted by Crippen LogP contribution is -2.15. The van der Waals surface area contributed by atoms with Gasteiger partial charge in [0.05, 0.1) is 12.7 Å². The molecule has 23 heavy (non-hydrogen) atoms. The van der Waals surface area contributed by atoms with Crippen LogP contribution in [-0.2, 0) is 6.54 Å². The molecule has 2 aromatic rings. The summed E-state index contributed by atoms with van der Waals surface area (Å²) in [5, 5.41) is 6.76. The standard InChI is InChI=1S/C19H22N4/c1-14-7-8-15(9-17(14)10-21-13-20-2)19-12-23-18-6-4-3-5-16(18)11-22-19/h3-9,11,19,21,23H,2,10,12-13H2,1H3. The molecule has 0 saturated heterocycles. The van der Waals surface area contributed by atoms with Crippen LogP contribution >= 0.6 is 0 Å². The molecule has 4 nitrogen and oxygen atoms in total. The van der Waals surface area contributed by atoms with E-state index in [9.17, 15) is 0 Å². The van der Waals surface area contributed by atoms with Gasteiger partial charge >= 0.3 is 0 Å². The minimum Gasteiger partial charge on any atom is -0.382 e. The fourth-order valence-corrected chi connectivity index (χ4v) is 2.76. The summed E-state index contributed by atoms with van der Waals surface area (Å²) in [5.74, 6) is 0. The predicted molar refractivity (Wildman–Crippen MR) is 97.7 cm³/mol. The number of rotatable bonds is 5. The number of aliphatic imine (C=N–C) groups is 2. The van der Waals surface area contributed by atoms with Gasteiger partial charge in [-0.25, -0.2) is 0 Å².